The molecule has 0 unspecified atom stereocenters. The molecule has 4 rings (SSSR count). The summed E-state index contributed by atoms with van der Waals surface area (Å²) >= 11 is 1.52. The van der Waals surface area contributed by atoms with Crippen LogP contribution in [0.4, 0.5) is 5.82 Å². The van der Waals surface area contributed by atoms with Gasteiger partial charge in [0.1, 0.15) is 11.5 Å². The molecule has 4 aromatic rings. The predicted octanol–water partition coefficient (Wildman–Crippen LogP) is 3.41. The molecule has 0 bridgehead atoms. The first-order chi connectivity index (χ1) is 14.1. The third-order valence-corrected chi connectivity index (χ3v) is 5.03. The molecule has 0 radical (unpaired) electrons. The van der Waals surface area contributed by atoms with Crippen molar-refractivity contribution in [3.8, 4) is 17.4 Å². The van der Waals surface area contributed by atoms with Gasteiger partial charge in [-0.3, -0.25) is 14.6 Å². The molecule has 0 fully saturated rings. The number of hydrogen-bond acceptors (Lipinski definition) is 6. The Morgan fingerprint density at radius 1 is 1.31 bits per heavy atom. The van der Waals surface area contributed by atoms with E-state index in [0.29, 0.717) is 29.4 Å². The second kappa shape index (κ2) is 8.27. The summed E-state index contributed by atoms with van der Waals surface area (Å²) in [7, 11) is 0. The summed E-state index contributed by atoms with van der Waals surface area (Å²) in [5, 5.41) is 9.28. The fraction of sp³-hybridized carbons (Fsp3) is 0.200. The number of nitrogens with one attached hydrogen (secondary N) is 2. The van der Waals surface area contributed by atoms with Crippen LogP contribution in [0.3, 0.4) is 0 Å². The zero-order chi connectivity index (χ0) is 20.2. The van der Waals surface area contributed by atoms with Crippen molar-refractivity contribution >= 4 is 23.1 Å². The van der Waals surface area contributed by atoms with E-state index in [1.807, 2.05) is 24.4 Å². The number of nitrogens with zero attached hydrogens (tertiary/aromatic N) is 3. The van der Waals surface area contributed by atoms with Crippen LogP contribution in [0, 0.1) is 0 Å². The van der Waals surface area contributed by atoms with E-state index in [0.717, 1.165) is 11.3 Å². The van der Waals surface area contributed by atoms with Crippen molar-refractivity contribution < 1.29 is 9.21 Å². The highest BCUT2D eigenvalue weighted by Crippen LogP contribution is 2.24. The number of anilines is 1. The van der Waals surface area contributed by atoms with Gasteiger partial charge in [0.05, 0.1) is 12.7 Å². The topological polar surface area (TPSA) is 106 Å². The maximum absolute atomic E-state index is 12.5. The Bertz CT molecular complexity index is 1160. The minimum absolute atomic E-state index is 0.188. The van der Waals surface area contributed by atoms with Crippen LogP contribution in [0.25, 0.3) is 17.4 Å². The van der Waals surface area contributed by atoms with Gasteiger partial charge in [-0.25, -0.2) is 4.98 Å². The SMILES string of the molecule is CCCc1cc(=O)[nH]c(-n2nc(-c3ccco3)cc2NC(=O)Cc2cccs2)n1. The highest BCUT2D eigenvalue weighted by Gasteiger charge is 2.17. The lowest BCUT2D eigenvalue weighted by Crippen LogP contribution is -2.20. The van der Waals surface area contributed by atoms with Crippen molar-refractivity contribution in [3.05, 3.63) is 69.0 Å². The first kappa shape index (κ1) is 18.9. The lowest BCUT2D eigenvalue weighted by molar-refractivity contribution is -0.115. The summed E-state index contributed by atoms with van der Waals surface area (Å²) < 4.78 is 6.84. The summed E-state index contributed by atoms with van der Waals surface area (Å²) in [5.74, 6) is 0.996. The first-order valence-electron chi connectivity index (χ1n) is 9.19. The predicted molar refractivity (Wildman–Crippen MR) is 110 cm³/mol. The number of aromatic amines is 1. The summed E-state index contributed by atoms with van der Waals surface area (Å²) in [4.78, 5) is 32.8. The lowest BCUT2D eigenvalue weighted by Gasteiger charge is -2.08. The largest absolute Gasteiger partial charge is 0.463 e. The van der Waals surface area contributed by atoms with Crippen molar-refractivity contribution in [2.24, 2.45) is 0 Å². The summed E-state index contributed by atoms with van der Waals surface area (Å²) in [6.45, 7) is 2.02. The number of amides is 1. The number of aryl methyl sites for hydroxylation is 1. The Balaban J connectivity index is 1.72. The van der Waals surface area contributed by atoms with Crippen molar-refractivity contribution in [3.63, 3.8) is 0 Å². The molecule has 1 amide bonds. The van der Waals surface area contributed by atoms with Crippen LogP contribution in [-0.2, 0) is 17.6 Å². The van der Waals surface area contributed by atoms with Gasteiger partial charge in [-0.15, -0.1) is 11.3 Å². The standard InChI is InChI=1S/C20H19N5O3S/c1-2-5-13-10-18(26)23-20(21-13)25-17(12-15(24-25)16-7-3-8-28-16)22-19(27)11-14-6-4-9-29-14/h3-4,6-10,12H,2,5,11H2,1H3,(H,22,27)(H,21,23,26). The van der Waals surface area contributed by atoms with Crippen LogP contribution >= 0.6 is 11.3 Å². The zero-order valence-corrected chi connectivity index (χ0v) is 16.5. The zero-order valence-electron chi connectivity index (χ0n) is 15.7. The monoisotopic (exact) mass is 409 g/mol. The minimum atomic E-state index is -0.274. The molecule has 4 heterocycles. The van der Waals surface area contributed by atoms with E-state index >= 15 is 0 Å². The Labute approximate surface area is 170 Å². The number of carbonyl (C=O) groups is 1. The van der Waals surface area contributed by atoms with E-state index in [4.69, 9.17) is 4.42 Å². The van der Waals surface area contributed by atoms with Gasteiger partial charge < -0.3 is 9.73 Å². The Morgan fingerprint density at radius 3 is 2.93 bits per heavy atom. The quantitative estimate of drug-likeness (QED) is 0.487. The van der Waals surface area contributed by atoms with Crippen molar-refractivity contribution in [1.29, 1.82) is 0 Å². The summed E-state index contributed by atoms with van der Waals surface area (Å²) in [5.41, 5.74) is 0.909. The van der Waals surface area contributed by atoms with Crippen molar-refractivity contribution in [1.82, 2.24) is 19.7 Å². The highest BCUT2D eigenvalue weighted by atomic mass is 32.1. The second-order valence-corrected chi connectivity index (χ2v) is 7.45. The first-order valence-corrected chi connectivity index (χ1v) is 10.1. The second-order valence-electron chi connectivity index (χ2n) is 6.42. The lowest BCUT2D eigenvalue weighted by atomic mass is 10.2. The maximum atomic E-state index is 12.5. The number of rotatable bonds is 7. The van der Waals surface area contributed by atoms with Gasteiger partial charge in [-0.2, -0.15) is 9.78 Å². The molecule has 0 spiro atoms. The third-order valence-electron chi connectivity index (χ3n) is 4.15. The Hall–Kier alpha value is -3.46. The maximum Gasteiger partial charge on any atom is 0.252 e. The van der Waals surface area contributed by atoms with Crippen LogP contribution < -0.4 is 10.9 Å². The number of thiophene rings is 1. The number of H-pyrrole nitrogens is 1. The van der Waals surface area contributed by atoms with Gasteiger partial charge in [-0.05, 0) is 30.0 Å². The Kier molecular flexibility index (Phi) is 5.39. The van der Waals surface area contributed by atoms with Crippen LogP contribution in [-0.4, -0.2) is 25.7 Å². The van der Waals surface area contributed by atoms with E-state index in [1.54, 1.807) is 24.5 Å². The molecule has 29 heavy (non-hydrogen) atoms. The number of furan rings is 1. The molecule has 9 heteroatoms. The van der Waals surface area contributed by atoms with Gasteiger partial charge in [0.15, 0.2) is 5.76 Å². The van der Waals surface area contributed by atoms with E-state index in [-0.39, 0.29) is 23.8 Å². The average molecular weight is 409 g/mol. The molecular formula is C20H19N5O3S. The summed E-state index contributed by atoms with van der Waals surface area (Å²) in [6, 6.07) is 10.5. The molecule has 0 aromatic carbocycles. The number of aromatic nitrogens is 4. The van der Waals surface area contributed by atoms with Gasteiger partial charge in [0.25, 0.3) is 5.56 Å². The fourth-order valence-corrected chi connectivity index (χ4v) is 3.62. The van der Waals surface area contributed by atoms with Crippen LogP contribution in [0.1, 0.15) is 23.9 Å². The average Bonchev–Trinajstić information content (AvgIpc) is 3.43. The number of hydrogen-bond donors (Lipinski definition) is 2. The smallest absolute Gasteiger partial charge is 0.252 e. The fourth-order valence-electron chi connectivity index (χ4n) is 2.91. The van der Waals surface area contributed by atoms with Gasteiger partial charge >= 0.3 is 0 Å². The van der Waals surface area contributed by atoms with Crippen LogP contribution in [0.15, 0.2) is 57.3 Å². The number of carbonyl (C=O) groups excluding carboxylic acids is 1. The molecule has 2 N–H and O–H groups in total. The van der Waals surface area contributed by atoms with Crippen molar-refractivity contribution in [2.75, 3.05) is 5.32 Å². The van der Waals surface area contributed by atoms with E-state index in [2.05, 4.69) is 20.4 Å². The normalized spacial score (nSPS) is 10.9. The molecule has 0 saturated carbocycles. The molecule has 0 atom stereocenters. The van der Waals surface area contributed by atoms with Gasteiger partial charge in [0.2, 0.25) is 11.9 Å². The minimum Gasteiger partial charge on any atom is -0.463 e. The van der Waals surface area contributed by atoms with Crippen LogP contribution in [0.5, 0.6) is 0 Å². The highest BCUT2D eigenvalue weighted by molar-refractivity contribution is 7.10. The molecule has 0 aliphatic carbocycles. The van der Waals surface area contributed by atoms with E-state index in [1.165, 1.54) is 22.1 Å². The molecule has 0 saturated heterocycles. The van der Waals surface area contributed by atoms with E-state index < -0.39 is 0 Å². The molecule has 0 aliphatic heterocycles. The molecule has 4 aromatic heterocycles. The van der Waals surface area contributed by atoms with Crippen LogP contribution in [0.2, 0.25) is 0 Å². The van der Waals surface area contributed by atoms with Gasteiger partial charge in [0, 0.05) is 22.7 Å². The third kappa shape index (κ3) is 4.35. The molecule has 8 nitrogen and oxygen atoms in total. The molecular weight excluding hydrogens is 390 g/mol. The molecule has 0 aliphatic rings. The Morgan fingerprint density at radius 2 is 2.21 bits per heavy atom. The summed E-state index contributed by atoms with van der Waals surface area (Å²) in [6.07, 6.45) is 3.32. The van der Waals surface area contributed by atoms with E-state index in [9.17, 15) is 9.59 Å². The van der Waals surface area contributed by atoms with Crippen molar-refractivity contribution in [2.45, 2.75) is 26.2 Å². The van der Waals surface area contributed by atoms with Gasteiger partial charge in [-0.1, -0.05) is 19.4 Å². The molecule has 148 valence electrons.